The second kappa shape index (κ2) is 8.80. The van der Waals surface area contributed by atoms with Gasteiger partial charge in [-0.25, -0.2) is 0 Å². The molecule has 0 saturated carbocycles. The van der Waals surface area contributed by atoms with E-state index in [0.29, 0.717) is 30.4 Å². The van der Waals surface area contributed by atoms with Crippen LogP contribution in [0.3, 0.4) is 0 Å². The van der Waals surface area contributed by atoms with Crippen LogP contribution in [0, 0.1) is 5.92 Å². The maximum absolute atomic E-state index is 13.5. The van der Waals surface area contributed by atoms with E-state index >= 15 is 0 Å². The molecule has 1 amide bonds. The van der Waals surface area contributed by atoms with Crippen molar-refractivity contribution < 1.29 is 9.53 Å². The molecule has 4 rings (SSSR count). The number of ether oxygens (including phenoxy) is 1. The Morgan fingerprint density at radius 3 is 2.39 bits per heavy atom. The highest BCUT2D eigenvalue weighted by Crippen LogP contribution is 2.23. The minimum absolute atomic E-state index is 0.0945. The van der Waals surface area contributed by atoms with E-state index in [4.69, 9.17) is 4.74 Å². The number of hydrogen-bond donors (Lipinski definition) is 1. The van der Waals surface area contributed by atoms with Gasteiger partial charge in [0.2, 0.25) is 0 Å². The lowest BCUT2D eigenvalue weighted by atomic mass is 9.99. The average Bonchev–Trinajstić information content (AvgIpc) is 3.25. The van der Waals surface area contributed by atoms with Crippen LogP contribution in [0.5, 0.6) is 0 Å². The first-order valence-corrected chi connectivity index (χ1v) is 9.68. The highest BCUT2D eigenvalue weighted by molar-refractivity contribution is 5.97. The summed E-state index contributed by atoms with van der Waals surface area (Å²) in [4.78, 5) is 15.3. The number of aromatic nitrogens is 3. The third-order valence-electron chi connectivity index (χ3n) is 5.12. The molecular formula is C22H24N4O2. The van der Waals surface area contributed by atoms with Gasteiger partial charge in [0.05, 0.1) is 0 Å². The van der Waals surface area contributed by atoms with E-state index in [0.717, 1.165) is 37.2 Å². The van der Waals surface area contributed by atoms with Crippen LogP contribution in [0.4, 0.5) is 0 Å². The zero-order valence-corrected chi connectivity index (χ0v) is 15.8. The second-order valence-electron chi connectivity index (χ2n) is 7.11. The fourth-order valence-electron chi connectivity index (χ4n) is 3.59. The average molecular weight is 376 g/mol. The summed E-state index contributed by atoms with van der Waals surface area (Å²) in [6.07, 6.45) is 1.95. The Kier molecular flexibility index (Phi) is 5.77. The molecule has 0 bridgehead atoms. The molecule has 6 heteroatoms. The van der Waals surface area contributed by atoms with Crippen molar-refractivity contribution in [2.75, 3.05) is 19.8 Å². The number of nitrogens with one attached hydrogen (secondary N) is 1. The standard InChI is InChI=1S/C22H24N4O2/c27-22(21-20(23-25-24-21)19-9-5-2-6-10-19)26(15-17-7-3-1-4-8-17)16-18-11-13-28-14-12-18/h1-10,18H,11-16H2,(H,23,24,25). The number of nitrogens with zero attached hydrogens (tertiary/aromatic N) is 3. The van der Waals surface area contributed by atoms with Crippen LogP contribution in [0.2, 0.25) is 0 Å². The normalized spacial score (nSPS) is 14.7. The number of carbonyl (C=O) groups is 1. The molecule has 1 aliphatic rings. The molecule has 0 aliphatic carbocycles. The SMILES string of the molecule is O=C(c1n[nH]nc1-c1ccccc1)N(Cc1ccccc1)CC1CCOCC1. The number of aromatic amines is 1. The summed E-state index contributed by atoms with van der Waals surface area (Å²) >= 11 is 0. The van der Waals surface area contributed by atoms with Crippen molar-refractivity contribution in [3.8, 4) is 11.3 Å². The zero-order valence-electron chi connectivity index (χ0n) is 15.8. The molecule has 1 N–H and O–H groups in total. The molecule has 2 heterocycles. The Hall–Kier alpha value is -2.99. The van der Waals surface area contributed by atoms with Crippen molar-refractivity contribution in [2.45, 2.75) is 19.4 Å². The van der Waals surface area contributed by atoms with Crippen LogP contribution in [-0.2, 0) is 11.3 Å². The van der Waals surface area contributed by atoms with E-state index in [9.17, 15) is 4.79 Å². The topological polar surface area (TPSA) is 71.1 Å². The van der Waals surface area contributed by atoms with E-state index in [-0.39, 0.29) is 5.91 Å². The number of hydrogen-bond acceptors (Lipinski definition) is 4. The summed E-state index contributed by atoms with van der Waals surface area (Å²) in [5, 5.41) is 11.1. The number of H-pyrrole nitrogens is 1. The van der Waals surface area contributed by atoms with Gasteiger partial charge in [0.1, 0.15) is 5.69 Å². The van der Waals surface area contributed by atoms with Crippen LogP contribution >= 0.6 is 0 Å². The van der Waals surface area contributed by atoms with Crippen molar-refractivity contribution in [3.05, 3.63) is 71.9 Å². The quantitative estimate of drug-likeness (QED) is 0.714. The van der Waals surface area contributed by atoms with E-state index in [1.165, 1.54) is 0 Å². The lowest BCUT2D eigenvalue weighted by Crippen LogP contribution is -2.37. The number of benzene rings is 2. The summed E-state index contributed by atoms with van der Waals surface area (Å²) in [5.74, 6) is 0.344. The van der Waals surface area contributed by atoms with Gasteiger partial charge in [-0.1, -0.05) is 60.7 Å². The summed E-state index contributed by atoms with van der Waals surface area (Å²) in [6, 6.07) is 19.8. The van der Waals surface area contributed by atoms with Crippen molar-refractivity contribution in [1.29, 1.82) is 0 Å². The highest BCUT2D eigenvalue weighted by atomic mass is 16.5. The van der Waals surface area contributed by atoms with Gasteiger partial charge in [-0.3, -0.25) is 4.79 Å². The molecule has 28 heavy (non-hydrogen) atoms. The Bertz CT molecular complexity index is 889. The number of amides is 1. The van der Waals surface area contributed by atoms with E-state index in [2.05, 4.69) is 15.4 Å². The van der Waals surface area contributed by atoms with Crippen molar-refractivity contribution in [3.63, 3.8) is 0 Å². The van der Waals surface area contributed by atoms with E-state index < -0.39 is 0 Å². The maximum atomic E-state index is 13.5. The molecule has 0 atom stereocenters. The molecule has 1 aliphatic heterocycles. The van der Waals surface area contributed by atoms with Gasteiger partial charge in [-0.05, 0) is 24.3 Å². The van der Waals surface area contributed by atoms with E-state index in [1.807, 2.05) is 65.6 Å². The minimum Gasteiger partial charge on any atom is -0.381 e. The Balaban J connectivity index is 1.60. The minimum atomic E-state index is -0.0945. The van der Waals surface area contributed by atoms with Gasteiger partial charge < -0.3 is 9.64 Å². The van der Waals surface area contributed by atoms with Gasteiger partial charge in [0, 0.05) is 31.9 Å². The Morgan fingerprint density at radius 1 is 1.00 bits per heavy atom. The highest BCUT2D eigenvalue weighted by Gasteiger charge is 2.26. The van der Waals surface area contributed by atoms with Crippen molar-refractivity contribution in [1.82, 2.24) is 20.3 Å². The fraction of sp³-hybridized carbons (Fsp3) is 0.318. The number of rotatable bonds is 6. The van der Waals surface area contributed by atoms with Gasteiger partial charge >= 0.3 is 0 Å². The fourth-order valence-corrected chi connectivity index (χ4v) is 3.59. The van der Waals surface area contributed by atoms with Crippen LogP contribution in [0.1, 0.15) is 28.9 Å². The first-order valence-electron chi connectivity index (χ1n) is 9.68. The predicted molar refractivity (Wildman–Crippen MR) is 107 cm³/mol. The predicted octanol–water partition coefficient (Wildman–Crippen LogP) is 3.54. The van der Waals surface area contributed by atoms with E-state index in [1.54, 1.807) is 0 Å². The van der Waals surface area contributed by atoms with Gasteiger partial charge in [0.25, 0.3) is 5.91 Å². The maximum Gasteiger partial charge on any atom is 0.277 e. The molecule has 0 radical (unpaired) electrons. The first-order chi connectivity index (χ1) is 13.8. The lowest BCUT2D eigenvalue weighted by molar-refractivity contribution is 0.0443. The molecule has 2 aromatic carbocycles. The third-order valence-corrected chi connectivity index (χ3v) is 5.12. The molecule has 144 valence electrons. The molecule has 1 aromatic heterocycles. The van der Waals surface area contributed by atoms with Gasteiger partial charge in [-0.2, -0.15) is 15.4 Å². The zero-order chi connectivity index (χ0) is 19.2. The third kappa shape index (κ3) is 4.28. The second-order valence-corrected chi connectivity index (χ2v) is 7.11. The summed E-state index contributed by atoms with van der Waals surface area (Å²) in [7, 11) is 0. The molecule has 1 fully saturated rings. The molecule has 1 saturated heterocycles. The van der Waals surface area contributed by atoms with Crippen LogP contribution in [0.25, 0.3) is 11.3 Å². The molecule has 3 aromatic rings. The Morgan fingerprint density at radius 2 is 1.68 bits per heavy atom. The molecular weight excluding hydrogens is 352 g/mol. The molecule has 6 nitrogen and oxygen atoms in total. The summed E-state index contributed by atoms with van der Waals surface area (Å²) in [6.45, 7) is 2.77. The van der Waals surface area contributed by atoms with Gasteiger partial charge in [-0.15, -0.1) is 0 Å². The van der Waals surface area contributed by atoms with Crippen LogP contribution in [0.15, 0.2) is 60.7 Å². The summed E-state index contributed by atoms with van der Waals surface area (Å²) in [5.41, 5.74) is 2.95. The smallest absolute Gasteiger partial charge is 0.277 e. The monoisotopic (exact) mass is 376 g/mol. The number of carbonyl (C=O) groups excluding carboxylic acids is 1. The van der Waals surface area contributed by atoms with Crippen LogP contribution < -0.4 is 0 Å². The Labute approximate surface area is 164 Å². The first kappa shape index (κ1) is 18.4. The molecule has 0 unspecified atom stereocenters. The molecule has 0 spiro atoms. The largest absolute Gasteiger partial charge is 0.381 e. The van der Waals surface area contributed by atoms with Crippen molar-refractivity contribution >= 4 is 5.91 Å². The van der Waals surface area contributed by atoms with Crippen LogP contribution in [-0.4, -0.2) is 46.0 Å². The van der Waals surface area contributed by atoms with Crippen molar-refractivity contribution in [2.24, 2.45) is 5.92 Å². The van der Waals surface area contributed by atoms with Gasteiger partial charge in [0.15, 0.2) is 5.69 Å². The summed E-state index contributed by atoms with van der Waals surface area (Å²) < 4.78 is 5.48. The lowest BCUT2D eigenvalue weighted by Gasteiger charge is -2.29.